The fourth-order valence-electron chi connectivity index (χ4n) is 3.16. The average Bonchev–Trinajstić information content (AvgIpc) is 3.10. The van der Waals surface area contributed by atoms with E-state index >= 15 is 0 Å². The number of hydrogen-bond donors (Lipinski definition) is 1. The van der Waals surface area contributed by atoms with Crippen molar-refractivity contribution in [2.75, 3.05) is 32.7 Å². The number of nitrogens with zero attached hydrogens (tertiary/aromatic N) is 2. The van der Waals surface area contributed by atoms with Gasteiger partial charge in [-0.05, 0) is 23.4 Å². The fraction of sp³-hybridized carbons (Fsp3) is 0.400. The van der Waals surface area contributed by atoms with E-state index in [0.717, 1.165) is 39.1 Å². The van der Waals surface area contributed by atoms with Gasteiger partial charge in [-0.1, -0.05) is 36.4 Å². The van der Waals surface area contributed by atoms with Crippen molar-refractivity contribution in [2.45, 2.75) is 19.4 Å². The summed E-state index contributed by atoms with van der Waals surface area (Å²) in [5.74, 6) is 0.0238. The van der Waals surface area contributed by atoms with Crippen molar-refractivity contribution in [3.63, 3.8) is 0 Å². The van der Waals surface area contributed by atoms with Crippen LogP contribution in [0.2, 0.25) is 0 Å². The smallest absolute Gasteiger partial charge is 0.261 e. The molecule has 0 aliphatic carbocycles. The van der Waals surface area contributed by atoms with Crippen molar-refractivity contribution in [1.82, 2.24) is 15.1 Å². The van der Waals surface area contributed by atoms with Crippen LogP contribution in [-0.2, 0) is 11.3 Å². The molecule has 0 radical (unpaired) electrons. The minimum atomic E-state index is -0.0993. The van der Waals surface area contributed by atoms with Crippen LogP contribution in [0.3, 0.4) is 0 Å². The van der Waals surface area contributed by atoms with Crippen LogP contribution in [0.1, 0.15) is 28.1 Å². The summed E-state index contributed by atoms with van der Waals surface area (Å²) in [6, 6.07) is 14.1. The van der Waals surface area contributed by atoms with Crippen LogP contribution in [0.25, 0.3) is 0 Å². The summed E-state index contributed by atoms with van der Waals surface area (Å²) >= 11 is 1.41. The Bertz CT molecular complexity index is 703. The molecule has 0 spiro atoms. The molecule has 138 valence electrons. The number of rotatable bonds is 6. The molecule has 2 heterocycles. The van der Waals surface area contributed by atoms with Gasteiger partial charge in [0, 0.05) is 45.7 Å². The zero-order chi connectivity index (χ0) is 18.2. The second-order valence-corrected chi connectivity index (χ2v) is 7.43. The van der Waals surface area contributed by atoms with E-state index in [1.807, 2.05) is 22.4 Å². The Morgan fingerprint density at radius 1 is 1.00 bits per heavy atom. The summed E-state index contributed by atoms with van der Waals surface area (Å²) in [6.07, 6.45) is 1.34. The van der Waals surface area contributed by atoms with E-state index in [-0.39, 0.29) is 11.8 Å². The van der Waals surface area contributed by atoms with Gasteiger partial charge in [0.25, 0.3) is 5.91 Å². The fourth-order valence-corrected chi connectivity index (χ4v) is 3.80. The van der Waals surface area contributed by atoms with E-state index in [2.05, 4.69) is 34.5 Å². The highest BCUT2D eigenvalue weighted by Crippen LogP contribution is 2.10. The maximum atomic E-state index is 12.4. The van der Waals surface area contributed by atoms with Gasteiger partial charge in [0.2, 0.25) is 5.91 Å². The van der Waals surface area contributed by atoms with Gasteiger partial charge in [0.1, 0.15) is 0 Å². The zero-order valence-electron chi connectivity index (χ0n) is 14.9. The molecule has 0 saturated carbocycles. The van der Waals surface area contributed by atoms with E-state index < -0.39 is 0 Å². The number of thiophene rings is 1. The molecule has 26 heavy (non-hydrogen) atoms. The molecular weight excluding hydrogens is 346 g/mol. The monoisotopic (exact) mass is 371 g/mol. The Morgan fingerprint density at radius 3 is 2.62 bits per heavy atom. The van der Waals surface area contributed by atoms with Gasteiger partial charge in [-0.3, -0.25) is 14.5 Å². The molecule has 0 unspecified atom stereocenters. The van der Waals surface area contributed by atoms with Crippen molar-refractivity contribution in [3.05, 3.63) is 58.3 Å². The molecule has 1 fully saturated rings. The van der Waals surface area contributed by atoms with Crippen LogP contribution < -0.4 is 5.32 Å². The number of benzene rings is 1. The molecule has 2 aromatic rings. The molecule has 1 N–H and O–H groups in total. The van der Waals surface area contributed by atoms with Crippen LogP contribution in [0.15, 0.2) is 47.8 Å². The Kier molecular flexibility index (Phi) is 6.80. The van der Waals surface area contributed by atoms with Crippen molar-refractivity contribution < 1.29 is 9.59 Å². The maximum Gasteiger partial charge on any atom is 0.261 e. The Labute approximate surface area is 158 Å². The molecule has 1 aliphatic rings. The lowest BCUT2D eigenvalue weighted by molar-refractivity contribution is -0.130. The standard InChI is InChI=1S/C20H25N3O2S/c24-19(9-10-21-20(25)18-8-4-15-26-18)23-12-5-11-22(13-14-23)16-17-6-2-1-3-7-17/h1-4,6-8,15H,5,9-14,16H2,(H,21,25). The first kappa shape index (κ1) is 18.6. The average molecular weight is 372 g/mol. The highest BCUT2D eigenvalue weighted by atomic mass is 32.1. The van der Waals surface area contributed by atoms with Gasteiger partial charge >= 0.3 is 0 Å². The molecule has 1 aromatic heterocycles. The van der Waals surface area contributed by atoms with Gasteiger partial charge in [0.05, 0.1) is 4.88 Å². The third-order valence-electron chi connectivity index (χ3n) is 4.56. The van der Waals surface area contributed by atoms with Crippen molar-refractivity contribution >= 4 is 23.2 Å². The zero-order valence-corrected chi connectivity index (χ0v) is 15.7. The molecular formula is C20H25N3O2S. The quantitative estimate of drug-likeness (QED) is 0.849. The Morgan fingerprint density at radius 2 is 1.85 bits per heavy atom. The summed E-state index contributed by atoms with van der Waals surface area (Å²) in [5.41, 5.74) is 1.31. The number of carbonyl (C=O) groups is 2. The van der Waals surface area contributed by atoms with E-state index in [4.69, 9.17) is 0 Å². The lowest BCUT2D eigenvalue weighted by Gasteiger charge is -2.22. The first-order valence-corrected chi connectivity index (χ1v) is 9.96. The molecule has 6 heteroatoms. The SMILES string of the molecule is O=C(NCCC(=O)N1CCCN(Cc2ccccc2)CC1)c1cccs1. The second kappa shape index (κ2) is 9.50. The minimum Gasteiger partial charge on any atom is -0.351 e. The highest BCUT2D eigenvalue weighted by molar-refractivity contribution is 7.12. The molecule has 0 bridgehead atoms. The molecule has 1 aliphatic heterocycles. The Balaban J connectivity index is 1.40. The third-order valence-corrected chi connectivity index (χ3v) is 5.43. The third kappa shape index (κ3) is 5.41. The van der Waals surface area contributed by atoms with Gasteiger partial charge in [-0.25, -0.2) is 0 Å². The van der Waals surface area contributed by atoms with E-state index in [1.165, 1.54) is 16.9 Å². The van der Waals surface area contributed by atoms with Crippen LogP contribution in [0, 0.1) is 0 Å². The normalized spacial score (nSPS) is 15.5. The minimum absolute atomic E-state index is 0.0993. The van der Waals surface area contributed by atoms with Crippen LogP contribution in [-0.4, -0.2) is 54.3 Å². The van der Waals surface area contributed by atoms with Gasteiger partial charge in [-0.15, -0.1) is 11.3 Å². The summed E-state index contributed by atoms with van der Waals surface area (Å²) in [4.78, 5) is 29.4. The van der Waals surface area contributed by atoms with Crippen LogP contribution in [0.5, 0.6) is 0 Å². The maximum absolute atomic E-state index is 12.4. The first-order valence-electron chi connectivity index (χ1n) is 9.08. The van der Waals surface area contributed by atoms with Gasteiger partial charge in [0.15, 0.2) is 0 Å². The first-order chi connectivity index (χ1) is 12.7. The lowest BCUT2D eigenvalue weighted by Crippen LogP contribution is -2.37. The lowest BCUT2D eigenvalue weighted by atomic mass is 10.2. The molecule has 1 aromatic carbocycles. The summed E-state index contributed by atoms with van der Waals surface area (Å²) in [6.45, 7) is 4.77. The highest BCUT2D eigenvalue weighted by Gasteiger charge is 2.19. The predicted octanol–water partition coefficient (Wildman–Crippen LogP) is 2.60. The molecule has 0 atom stereocenters. The van der Waals surface area contributed by atoms with Gasteiger partial charge in [-0.2, -0.15) is 0 Å². The van der Waals surface area contributed by atoms with E-state index in [0.29, 0.717) is 17.8 Å². The number of hydrogen-bond acceptors (Lipinski definition) is 4. The topological polar surface area (TPSA) is 52.7 Å². The van der Waals surface area contributed by atoms with Crippen LogP contribution in [0.4, 0.5) is 0 Å². The summed E-state index contributed by atoms with van der Waals surface area (Å²) in [5, 5.41) is 4.70. The number of nitrogens with one attached hydrogen (secondary N) is 1. The number of carbonyl (C=O) groups excluding carboxylic acids is 2. The van der Waals surface area contributed by atoms with E-state index in [1.54, 1.807) is 6.07 Å². The van der Waals surface area contributed by atoms with Crippen molar-refractivity contribution in [1.29, 1.82) is 0 Å². The summed E-state index contributed by atoms with van der Waals surface area (Å²) in [7, 11) is 0. The second-order valence-electron chi connectivity index (χ2n) is 6.48. The molecule has 5 nitrogen and oxygen atoms in total. The predicted molar refractivity (Wildman–Crippen MR) is 104 cm³/mol. The molecule has 2 amide bonds. The Hall–Kier alpha value is -2.18. The summed E-state index contributed by atoms with van der Waals surface area (Å²) < 4.78 is 0. The van der Waals surface area contributed by atoms with Crippen molar-refractivity contribution in [2.24, 2.45) is 0 Å². The number of amides is 2. The van der Waals surface area contributed by atoms with Crippen LogP contribution >= 0.6 is 11.3 Å². The molecule has 1 saturated heterocycles. The van der Waals surface area contributed by atoms with Crippen molar-refractivity contribution in [3.8, 4) is 0 Å². The van der Waals surface area contributed by atoms with Gasteiger partial charge < -0.3 is 10.2 Å². The van der Waals surface area contributed by atoms with E-state index in [9.17, 15) is 9.59 Å². The molecule has 3 rings (SSSR count). The largest absolute Gasteiger partial charge is 0.351 e.